The van der Waals surface area contributed by atoms with Gasteiger partial charge in [0.15, 0.2) is 0 Å². The van der Waals surface area contributed by atoms with E-state index in [1.54, 1.807) is 0 Å². The predicted octanol–water partition coefficient (Wildman–Crippen LogP) is 2.48. The lowest BCUT2D eigenvalue weighted by Gasteiger charge is -2.25. The largest absolute Gasteiger partial charge is 0.462 e. The summed E-state index contributed by atoms with van der Waals surface area (Å²) in [6, 6.07) is 0. The van der Waals surface area contributed by atoms with Gasteiger partial charge in [0.25, 0.3) is 0 Å². The van der Waals surface area contributed by atoms with Crippen LogP contribution in [0.15, 0.2) is 0 Å². The fourth-order valence-corrected chi connectivity index (χ4v) is 1.18. The molecule has 2 nitrogen and oxygen atoms in total. The summed E-state index contributed by atoms with van der Waals surface area (Å²) in [5.41, 5.74) is 0. The second-order valence-corrected chi connectivity index (χ2v) is 3.35. The lowest BCUT2D eigenvalue weighted by Crippen LogP contribution is -2.24. The minimum atomic E-state index is -0.0202. The summed E-state index contributed by atoms with van der Waals surface area (Å²) in [5, 5.41) is 0. The number of unbranched alkanes of at least 4 members (excludes halogenated alkanes) is 2. The van der Waals surface area contributed by atoms with Crippen molar-refractivity contribution in [2.75, 3.05) is 0 Å². The van der Waals surface area contributed by atoms with E-state index in [-0.39, 0.29) is 12.1 Å². The summed E-state index contributed by atoms with van der Waals surface area (Å²) in [5.74, 6) is -0.0202. The molecule has 69 valence electrons. The van der Waals surface area contributed by atoms with Crippen LogP contribution in [0.5, 0.6) is 0 Å². The lowest BCUT2D eigenvalue weighted by molar-refractivity contribution is -0.153. The molecule has 0 aromatic carbocycles. The maximum absolute atomic E-state index is 11.1. The van der Waals surface area contributed by atoms with Gasteiger partial charge in [-0.3, -0.25) is 4.79 Å². The zero-order chi connectivity index (χ0) is 8.81. The Labute approximate surface area is 74.3 Å². The molecular formula is C10H17O2. The highest BCUT2D eigenvalue weighted by Crippen LogP contribution is 2.22. The molecule has 0 N–H and O–H groups in total. The first kappa shape index (κ1) is 9.56. The Bertz CT molecular complexity index is 139. The van der Waals surface area contributed by atoms with Crippen molar-refractivity contribution < 1.29 is 9.53 Å². The van der Waals surface area contributed by atoms with Gasteiger partial charge in [0.2, 0.25) is 0 Å². The molecule has 1 fully saturated rings. The Balaban J connectivity index is 1.95. The van der Waals surface area contributed by atoms with Crippen LogP contribution < -0.4 is 0 Å². The van der Waals surface area contributed by atoms with Crippen molar-refractivity contribution in [2.24, 2.45) is 0 Å². The molecule has 0 unspecified atom stereocenters. The van der Waals surface area contributed by atoms with E-state index < -0.39 is 0 Å². The summed E-state index contributed by atoms with van der Waals surface area (Å²) in [7, 11) is 0. The molecule has 1 radical (unpaired) electrons. The Hall–Kier alpha value is -0.530. The van der Waals surface area contributed by atoms with E-state index in [0.29, 0.717) is 6.42 Å². The van der Waals surface area contributed by atoms with Crippen LogP contribution in [0.1, 0.15) is 44.9 Å². The van der Waals surface area contributed by atoms with Gasteiger partial charge in [0, 0.05) is 6.42 Å². The molecule has 0 spiro atoms. The minimum absolute atomic E-state index is 0.0202. The number of rotatable bonds is 5. The van der Waals surface area contributed by atoms with Crippen molar-refractivity contribution in [2.45, 2.75) is 51.0 Å². The normalized spacial score (nSPS) is 17.1. The van der Waals surface area contributed by atoms with Crippen molar-refractivity contribution in [1.29, 1.82) is 0 Å². The van der Waals surface area contributed by atoms with Gasteiger partial charge in [0.1, 0.15) is 6.10 Å². The van der Waals surface area contributed by atoms with Crippen LogP contribution in [0.2, 0.25) is 0 Å². The maximum Gasteiger partial charge on any atom is 0.306 e. The van der Waals surface area contributed by atoms with Gasteiger partial charge in [-0.2, -0.15) is 0 Å². The summed E-state index contributed by atoms with van der Waals surface area (Å²) in [6.07, 6.45) is 7.05. The lowest BCUT2D eigenvalue weighted by atomic mass is 9.96. The smallest absolute Gasteiger partial charge is 0.306 e. The Kier molecular flexibility index (Phi) is 4.12. The molecular weight excluding hydrogens is 152 g/mol. The van der Waals surface area contributed by atoms with E-state index in [1.165, 1.54) is 6.42 Å². The van der Waals surface area contributed by atoms with E-state index in [1.807, 2.05) is 0 Å². The van der Waals surface area contributed by atoms with Crippen LogP contribution in [-0.2, 0) is 9.53 Å². The van der Waals surface area contributed by atoms with E-state index in [0.717, 1.165) is 32.1 Å². The number of carbonyl (C=O) groups is 1. The van der Waals surface area contributed by atoms with E-state index in [2.05, 4.69) is 6.92 Å². The van der Waals surface area contributed by atoms with E-state index >= 15 is 0 Å². The van der Waals surface area contributed by atoms with Crippen molar-refractivity contribution in [3.8, 4) is 0 Å². The molecule has 1 saturated carbocycles. The summed E-state index contributed by atoms with van der Waals surface area (Å²) < 4.78 is 5.17. The fourth-order valence-electron chi connectivity index (χ4n) is 1.18. The summed E-state index contributed by atoms with van der Waals surface area (Å²) in [4.78, 5) is 11.1. The highest BCUT2D eigenvalue weighted by atomic mass is 16.5. The van der Waals surface area contributed by atoms with Crippen LogP contribution in [0.4, 0.5) is 0 Å². The third-order valence-electron chi connectivity index (χ3n) is 2.23. The quantitative estimate of drug-likeness (QED) is 0.467. The summed E-state index contributed by atoms with van der Waals surface area (Å²) in [6.45, 7) is 3.72. The van der Waals surface area contributed by atoms with Crippen molar-refractivity contribution in [3.63, 3.8) is 0 Å². The summed E-state index contributed by atoms with van der Waals surface area (Å²) >= 11 is 0. The first-order valence-corrected chi connectivity index (χ1v) is 4.81. The molecule has 1 rings (SSSR count). The number of ether oxygens (including phenoxy) is 1. The Morgan fingerprint density at radius 2 is 2.17 bits per heavy atom. The molecule has 1 aliphatic rings. The molecule has 0 bridgehead atoms. The van der Waals surface area contributed by atoms with Gasteiger partial charge in [-0.05, 0) is 25.7 Å². The molecule has 0 aromatic rings. The van der Waals surface area contributed by atoms with Crippen molar-refractivity contribution in [1.82, 2.24) is 0 Å². The van der Waals surface area contributed by atoms with Crippen molar-refractivity contribution >= 4 is 5.97 Å². The SMILES string of the molecule is [CH2]CCCCC(=O)OC1CCC1. The number of carbonyl (C=O) groups excluding carboxylic acids is 1. The predicted molar refractivity (Wildman–Crippen MR) is 47.6 cm³/mol. The molecule has 0 heterocycles. The average Bonchev–Trinajstić information content (AvgIpc) is 1.98. The second-order valence-electron chi connectivity index (χ2n) is 3.35. The maximum atomic E-state index is 11.1. The number of hydrogen-bond acceptors (Lipinski definition) is 2. The van der Waals surface area contributed by atoms with E-state index in [9.17, 15) is 4.79 Å². The highest BCUT2D eigenvalue weighted by Gasteiger charge is 2.20. The third kappa shape index (κ3) is 3.24. The van der Waals surface area contributed by atoms with Crippen LogP contribution in [0.3, 0.4) is 0 Å². The zero-order valence-corrected chi connectivity index (χ0v) is 7.55. The van der Waals surface area contributed by atoms with Crippen LogP contribution >= 0.6 is 0 Å². The van der Waals surface area contributed by atoms with Gasteiger partial charge in [-0.15, -0.1) is 0 Å². The van der Waals surface area contributed by atoms with Gasteiger partial charge < -0.3 is 4.74 Å². The monoisotopic (exact) mass is 169 g/mol. The topological polar surface area (TPSA) is 26.3 Å². The van der Waals surface area contributed by atoms with Gasteiger partial charge in [-0.25, -0.2) is 0 Å². The Morgan fingerprint density at radius 1 is 1.42 bits per heavy atom. The molecule has 12 heavy (non-hydrogen) atoms. The van der Waals surface area contributed by atoms with Gasteiger partial charge in [0.05, 0.1) is 0 Å². The standard InChI is InChI=1S/C10H17O2/c1-2-3-4-8-10(11)12-9-6-5-7-9/h9H,1-8H2. The molecule has 0 saturated heterocycles. The fraction of sp³-hybridized carbons (Fsp3) is 0.800. The third-order valence-corrected chi connectivity index (χ3v) is 2.23. The van der Waals surface area contributed by atoms with Crippen LogP contribution in [-0.4, -0.2) is 12.1 Å². The Morgan fingerprint density at radius 3 is 2.67 bits per heavy atom. The van der Waals surface area contributed by atoms with Crippen molar-refractivity contribution in [3.05, 3.63) is 6.92 Å². The molecule has 0 aliphatic heterocycles. The molecule has 0 amide bonds. The van der Waals surface area contributed by atoms with Gasteiger partial charge in [-0.1, -0.05) is 19.8 Å². The first-order chi connectivity index (χ1) is 5.83. The average molecular weight is 169 g/mol. The molecule has 0 aromatic heterocycles. The molecule has 0 atom stereocenters. The molecule has 2 heteroatoms. The number of hydrogen-bond donors (Lipinski definition) is 0. The van der Waals surface area contributed by atoms with Crippen LogP contribution in [0.25, 0.3) is 0 Å². The van der Waals surface area contributed by atoms with Crippen LogP contribution in [0, 0.1) is 6.92 Å². The second kappa shape index (κ2) is 5.18. The first-order valence-electron chi connectivity index (χ1n) is 4.81. The molecule has 1 aliphatic carbocycles. The minimum Gasteiger partial charge on any atom is -0.462 e. The van der Waals surface area contributed by atoms with Gasteiger partial charge >= 0.3 is 5.97 Å². The van der Waals surface area contributed by atoms with E-state index in [4.69, 9.17) is 4.74 Å². The zero-order valence-electron chi connectivity index (χ0n) is 7.55. The highest BCUT2D eigenvalue weighted by molar-refractivity contribution is 5.69. The number of esters is 1.